The number of amides is 1. The molecule has 5 heteroatoms. The second-order valence-electron chi connectivity index (χ2n) is 5.15. The van der Waals surface area contributed by atoms with Gasteiger partial charge in [-0.3, -0.25) is 4.79 Å². The highest BCUT2D eigenvalue weighted by molar-refractivity contribution is 9.10. The topological polar surface area (TPSA) is 50.7 Å². The lowest BCUT2D eigenvalue weighted by molar-refractivity contribution is 0.0952. The van der Waals surface area contributed by atoms with Crippen molar-refractivity contribution >= 4 is 38.8 Å². The predicted molar refractivity (Wildman–Crippen MR) is 99.7 cm³/mol. The minimum atomic E-state index is -0.329. The molecule has 3 rings (SSSR count). The van der Waals surface area contributed by atoms with E-state index in [0.717, 1.165) is 20.8 Å². The minimum absolute atomic E-state index is 0.329. The van der Waals surface area contributed by atoms with Crippen molar-refractivity contribution in [3.8, 4) is 5.75 Å². The van der Waals surface area contributed by atoms with E-state index in [1.54, 1.807) is 18.3 Å². The summed E-state index contributed by atoms with van der Waals surface area (Å²) in [7, 11) is 1.53. The molecule has 0 spiro atoms. The Kier molecular flexibility index (Phi) is 4.91. The van der Waals surface area contributed by atoms with Gasteiger partial charge in [0.25, 0.3) is 5.91 Å². The van der Waals surface area contributed by atoms with E-state index in [4.69, 9.17) is 4.74 Å². The van der Waals surface area contributed by atoms with Crippen LogP contribution in [0.25, 0.3) is 10.8 Å². The van der Waals surface area contributed by atoms with Crippen molar-refractivity contribution in [3.63, 3.8) is 0 Å². The second-order valence-corrected chi connectivity index (χ2v) is 6.07. The van der Waals surface area contributed by atoms with E-state index in [1.165, 1.54) is 7.11 Å². The molecule has 0 aromatic heterocycles. The first-order valence-electron chi connectivity index (χ1n) is 7.33. The number of fused-ring (bicyclic) bond motifs is 1. The number of hydrazone groups is 1. The van der Waals surface area contributed by atoms with Crippen LogP contribution in [0.5, 0.6) is 5.75 Å². The van der Waals surface area contributed by atoms with Crippen molar-refractivity contribution < 1.29 is 9.53 Å². The summed E-state index contributed by atoms with van der Waals surface area (Å²) in [5.74, 6) is 0.168. The lowest BCUT2D eigenvalue weighted by atomic mass is 10.1. The van der Waals surface area contributed by atoms with E-state index in [0.29, 0.717) is 11.3 Å². The average Bonchev–Trinajstić information content (AvgIpc) is 2.61. The first kappa shape index (κ1) is 16.2. The van der Waals surface area contributed by atoms with Gasteiger partial charge in [0.2, 0.25) is 0 Å². The quantitative estimate of drug-likeness (QED) is 0.537. The van der Waals surface area contributed by atoms with Crippen LogP contribution >= 0.6 is 15.9 Å². The Morgan fingerprint density at radius 1 is 1.08 bits per heavy atom. The van der Waals surface area contributed by atoms with E-state index < -0.39 is 0 Å². The van der Waals surface area contributed by atoms with Crippen LogP contribution in [0, 0.1) is 0 Å². The number of ether oxygens (including phenoxy) is 1. The van der Waals surface area contributed by atoms with Crippen molar-refractivity contribution in [1.82, 2.24) is 5.43 Å². The van der Waals surface area contributed by atoms with Crippen LogP contribution in [-0.2, 0) is 0 Å². The molecule has 0 aliphatic heterocycles. The molecule has 0 radical (unpaired) electrons. The fourth-order valence-electron chi connectivity index (χ4n) is 2.37. The maximum atomic E-state index is 12.3. The minimum Gasteiger partial charge on any atom is -0.496 e. The summed E-state index contributed by atoms with van der Waals surface area (Å²) < 4.78 is 6.00. The Labute approximate surface area is 148 Å². The molecule has 3 aromatic carbocycles. The molecule has 24 heavy (non-hydrogen) atoms. The molecule has 0 fully saturated rings. The maximum Gasteiger partial charge on any atom is 0.275 e. The summed E-state index contributed by atoms with van der Waals surface area (Å²) in [6.45, 7) is 0. The Hall–Kier alpha value is -2.66. The van der Waals surface area contributed by atoms with Crippen LogP contribution in [0.4, 0.5) is 0 Å². The van der Waals surface area contributed by atoms with E-state index in [-0.39, 0.29) is 5.91 Å². The van der Waals surface area contributed by atoms with Crippen LogP contribution in [0.2, 0.25) is 0 Å². The summed E-state index contributed by atoms with van der Waals surface area (Å²) >= 11 is 3.35. The molecular weight excluding hydrogens is 368 g/mol. The summed E-state index contributed by atoms with van der Waals surface area (Å²) in [5, 5.41) is 6.33. The van der Waals surface area contributed by atoms with Gasteiger partial charge in [0.15, 0.2) is 0 Å². The zero-order valence-corrected chi connectivity index (χ0v) is 14.6. The van der Waals surface area contributed by atoms with E-state index in [9.17, 15) is 4.79 Å². The molecule has 120 valence electrons. The number of benzene rings is 3. The highest BCUT2D eigenvalue weighted by Gasteiger charge is 2.11. The van der Waals surface area contributed by atoms with Crippen molar-refractivity contribution in [2.45, 2.75) is 0 Å². The number of nitrogens with zero attached hydrogens (tertiary/aromatic N) is 1. The maximum absolute atomic E-state index is 12.3. The third-order valence-electron chi connectivity index (χ3n) is 3.56. The number of rotatable bonds is 4. The third-order valence-corrected chi connectivity index (χ3v) is 4.05. The molecule has 0 aliphatic carbocycles. The average molecular weight is 383 g/mol. The molecule has 3 aromatic rings. The van der Waals surface area contributed by atoms with Gasteiger partial charge in [-0.15, -0.1) is 0 Å². The van der Waals surface area contributed by atoms with Gasteiger partial charge in [-0.25, -0.2) is 5.43 Å². The predicted octanol–water partition coefficient (Wildman–Crippen LogP) is 4.37. The number of halogens is 1. The normalized spacial score (nSPS) is 10.9. The number of methoxy groups -OCH3 is 1. The fraction of sp³-hybridized carbons (Fsp3) is 0.0526. The second kappa shape index (κ2) is 7.27. The van der Waals surface area contributed by atoms with Gasteiger partial charge >= 0.3 is 0 Å². The van der Waals surface area contributed by atoms with Gasteiger partial charge in [-0.1, -0.05) is 52.3 Å². The number of nitrogens with one attached hydrogen (secondary N) is 1. The molecule has 0 bridgehead atoms. The zero-order chi connectivity index (χ0) is 16.9. The van der Waals surface area contributed by atoms with Crippen LogP contribution in [-0.4, -0.2) is 19.2 Å². The van der Waals surface area contributed by atoms with E-state index in [1.807, 2.05) is 42.5 Å². The van der Waals surface area contributed by atoms with Crippen LogP contribution < -0.4 is 10.2 Å². The number of hydrogen-bond donors (Lipinski definition) is 1. The summed E-state index contributed by atoms with van der Waals surface area (Å²) in [6, 6.07) is 19.3. The third kappa shape index (κ3) is 3.63. The first-order chi connectivity index (χ1) is 11.7. The molecule has 0 saturated carbocycles. The highest BCUT2D eigenvalue weighted by Crippen LogP contribution is 2.22. The van der Waals surface area contributed by atoms with Gasteiger partial charge < -0.3 is 4.74 Å². The number of hydrogen-bond acceptors (Lipinski definition) is 3. The SMILES string of the molecule is COc1ccc(Br)cc1C(=O)N/N=C\c1ccc2ccccc2c1. The standard InChI is InChI=1S/C19H15BrN2O2/c1-24-18-9-8-16(20)11-17(18)19(23)22-21-12-13-6-7-14-4-2-3-5-15(14)10-13/h2-12H,1H3,(H,22,23)/b21-12-. The van der Waals surface area contributed by atoms with Gasteiger partial charge in [0.05, 0.1) is 18.9 Å². The molecule has 1 amide bonds. The molecule has 0 heterocycles. The van der Waals surface area contributed by atoms with Crippen LogP contribution in [0.1, 0.15) is 15.9 Å². The summed E-state index contributed by atoms with van der Waals surface area (Å²) in [5.41, 5.74) is 3.86. The smallest absolute Gasteiger partial charge is 0.275 e. The van der Waals surface area contributed by atoms with Crippen LogP contribution in [0.3, 0.4) is 0 Å². The fourth-order valence-corrected chi connectivity index (χ4v) is 2.73. The lowest BCUT2D eigenvalue weighted by Gasteiger charge is -2.07. The van der Waals surface area contributed by atoms with Gasteiger partial charge in [-0.05, 0) is 40.6 Å². The molecule has 4 nitrogen and oxygen atoms in total. The molecule has 1 N–H and O–H groups in total. The van der Waals surface area contributed by atoms with E-state index in [2.05, 4.69) is 32.5 Å². The Balaban J connectivity index is 1.75. The van der Waals surface area contributed by atoms with Crippen LogP contribution in [0.15, 0.2) is 70.2 Å². The largest absolute Gasteiger partial charge is 0.496 e. The Bertz CT molecular complexity index is 922. The zero-order valence-electron chi connectivity index (χ0n) is 13.0. The first-order valence-corrected chi connectivity index (χ1v) is 8.12. The lowest BCUT2D eigenvalue weighted by Crippen LogP contribution is -2.18. The Morgan fingerprint density at radius 2 is 1.88 bits per heavy atom. The van der Waals surface area contributed by atoms with Crippen molar-refractivity contribution in [1.29, 1.82) is 0 Å². The molecule has 0 aliphatic rings. The van der Waals surface area contributed by atoms with E-state index >= 15 is 0 Å². The van der Waals surface area contributed by atoms with Gasteiger partial charge in [-0.2, -0.15) is 5.10 Å². The molecule has 0 unspecified atom stereocenters. The molecule has 0 saturated heterocycles. The highest BCUT2D eigenvalue weighted by atomic mass is 79.9. The van der Waals surface area contributed by atoms with Crippen molar-refractivity contribution in [2.24, 2.45) is 5.10 Å². The Morgan fingerprint density at radius 3 is 2.67 bits per heavy atom. The molecular formula is C19H15BrN2O2. The number of carbonyl (C=O) groups excluding carboxylic acids is 1. The van der Waals surface area contributed by atoms with Crippen molar-refractivity contribution in [2.75, 3.05) is 7.11 Å². The monoisotopic (exact) mass is 382 g/mol. The summed E-state index contributed by atoms with van der Waals surface area (Å²) in [6.07, 6.45) is 1.62. The van der Waals surface area contributed by atoms with Gasteiger partial charge in [0.1, 0.15) is 5.75 Å². The van der Waals surface area contributed by atoms with Crippen molar-refractivity contribution in [3.05, 3.63) is 76.3 Å². The number of carbonyl (C=O) groups is 1. The molecule has 0 atom stereocenters. The summed E-state index contributed by atoms with van der Waals surface area (Å²) in [4.78, 5) is 12.3. The van der Waals surface area contributed by atoms with Gasteiger partial charge in [0, 0.05) is 4.47 Å².